The fourth-order valence-electron chi connectivity index (χ4n) is 3.02. The van der Waals surface area contributed by atoms with Gasteiger partial charge in [-0.1, -0.05) is 35.9 Å². The average Bonchev–Trinajstić information content (AvgIpc) is 3.02. The number of nitrogens with zero attached hydrogens (tertiary/aromatic N) is 1. The van der Waals surface area contributed by atoms with Crippen LogP contribution >= 0.6 is 0 Å². The molecule has 0 bridgehead atoms. The zero-order valence-electron chi connectivity index (χ0n) is 15.2. The number of alkyl halides is 3. The Bertz CT molecular complexity index is 866. The fourth-order valence-corrected chi connectivity index (χ4v) is 3.02. The van der Waals surface area contributed by atoms with Crippen molar-refractivity contribution in [2.24, 2.45) is 5.92 Å². The van der Waals surface area contributed by atoms with E-state index in [0.29, 0.717) is 6.54 Å². The highest BCUT2D eigenvalue weighted by Gasteiger charge is 2.34. The van der Waals surface area contributed by atoms with Gasteiger partial charge in [-0.2, -0.15) is 13.2 Å². The van der Waals surface area contributed by atoms with E-state index in [2.05, 4.69) is 10.9 Å². The number of halogens is 3. The van der Waals surface area contributed by atoms with Crippen LogP contribution in [0.3, 0.4) is 0 Å². The number of benzene rings is 2. The molecule has 0 radical (unpaired) electrons. The minimum absolute atomic E-state index is 0.0714. The highest BCUT2D eigenvalue weighted by Crippen LogP contribution is 2.30. The molecule has 8 heteroatoms. The molecule has 1 atom stereocenters. The first-order chi connectivity index (χ1) is 13.2. The quantitative estimate of drug-likeness (QED) is 0.767. The van der Waals surface area contributed by atoms with Crippen LogP contribution in [0.5, 0.6) is 0 Å². The number of hydrogen-bond donors (Lipinski definition) is 2. The SMILES string of the molecule is Cc1ccc(CN2C[C@H](C(=O)NNc3cccc(C(F)(F)F)c3)CC2=O)cc1. The van der Waals surface area contributed by atoms with Gasteiger partial charge in [0.1, 0.15) is 0 Å². The average molecular weight is 391 g/mol. The van der Waals surface area contributed by atoms with Crippen LogP contribution in [-0.4, -0.2) is 23.3 Å². The predicted octanol–water partition coefficient (Wildman–Crippen LogP) is 3.51. The van der Waals surface area contributed by atoms with Crippen LogP contribution in [-0.2, 0) is 22.3 Å². The van der Waals surface area contributed by atoms with E-state index in [4.69, 9.17) is 0 Å². The standard InChI is InChI=1S/C20H20F3N3O2/c1-13-5-7-14(8-6-13)11-26-12-15(9-18(26)27)19(28)25-24-17-4-2-3-16(10-17)20(21,22)23/h2-8,10,15,24H,9,11-12H2,1H3,(H,25,28)/t15-/m1/s1. The van der Waals surface area contributed by atoms with Crippen LogP contribution in [0.1, 0.15) is 23.1 Å². The summed E-state index contributed by atoms with van der Waals surface area (Å²) in [6.07, 6.45) is -4.39. The fraction of sp³-hybridized carbons (Fsp3) is 0.300. The van der Waals surface area contributed by atoms with Gasteiger partial charge in [-0.25, -0.2) is 0 Å². The third-order valence-corrected chi connectivity index (χ3v) is 4.60. The lowest BCUT2D eigenvalue weighted by Crippen LogP contribution is -2.36. The maximum atomic E-state index is 12.7. The van der Waals surface area contributed by atoms with Gasteiger partial charge in [-0.15, -0.1) is 0 Å². The molecule has 28 heavy (non-hydrogen) atoms. The van der Waals surface area contributed by atoms with Crippen LogP contribution < -0.4 is 10.9 Å². The molecule has 0 aliphatic carbocycles. The highest BCUT2D eigenvalue weighted by atomic mass is 19.4. The molecule has 3 rings (SSSR count). The van der Waals surface area contributed by atoms with Gasteiger partial charge in [0.15, 0.2) is 0 Å². The van der Waals surface area contributed by atoms with E-state index in [1.165, 1.54) is 12.1 Å². The summed E-state index contributed by atoms with van der Waals surface area (Å²) in [5, 5.41) is 0. The zero-order chi connectivity index (χ0) is 20.3. The number of carbonyl (C=O) groups excluding carboxylic acids is 2. The van der Waals surface area contributed by atoms with Crippen molar-refractivity contribution in [3.8, 4) is 0 Å². The van der Waals surface area contributed by atoms with E-state index in [1.54, 1.807) is 4.90 Å². The topological polar surface area (TPSA) is 61.4 Å². The third kappa shape index (κ3) is 4.82. The van der Waals surface area contributed by atoms with E-state index < -0.39 is 23.6 Å². The number of aryl methyl sites for hydroxylation is 1. The lowest BCUT2D eigenvalue weighted by molar-refractivity contribution is -0.137. The Kier molecular flexibility index (Phi) is 5.58. The molecular weight excluding hydrogens is 371 g/mol. The van der Waals surface area contributed by atoms with Crippen LogP contribution in [0.2, 0.25) is 0 Å². The normalized spacial score (nSPS) is 16.9. The molecule has 1 fully saturated rings. The molecule has 2 aromatic carbocycles. The summed E-state index contributed by atoms with van der Waals surface area (Å²) in [7, 11) is 0. The van der Waals surface area contributed by atoms with Gasteiger partial charge in [0.25, 0.3) is 0 Å². The lowest BCUT2D eigenvalue weighted by Gasteiger charge is -2.17. The van der Waals surface area contributed by atoms with E-state index >= 15 is 0 Å². The number of hydrogen-bond acceptors (Lipinski definition) is 3. The minimum Gasteiger partial charge on any atom is -0.338 e. The molecule has 1 heterocycles. The monoisotopic (exact) mass is 391 g/mol. The summed E-state index contributed by atoms with van der Waals surface area (Å²) in [6, 6.07) is 12.3. The molecule has 1 saturated heterocycles. The Morgan fingerprint density at radius 2 is 1.89 bits per heavy atom. The van der Waals surface area contributed by atoms with Crippen molar-refractivity contribution in [2.45, 2.75) is 26.1 Å². The number of likely N-dealkylation sites (tertiary alicyclic amines) is 1. The first-order valence-electron chi connectivity index (χ1n) is 8.79. The largest absolute Gasteiger partial charge is 0.416 e. The van der Waals surface area contributed by atoms with Crippen LogP contribution in [0.25, 0.3) is 0 Å². The molecule has 2 N–H and O–H groups in total. The summed E-state index contributed by atoms with van der Waals surface area (Å²) >= 11 is 0. The maximum absolute atomic E-state index is 12.7. The van der Waals surface area contributed by atoms with Crippen LogP contribution in [0.4, 0.5) is 18.9 Å². The smallest absolute Gasteiger partial charge is 0.338 e. The highest BCUT2D eigenvalue weighted by molar-refractivity contribution is 5.89. The van der Waals surface area contributed by atoms with Gasteiger partial charge in [0, 0.05) is 19.5 Å². The van der Waals surface area contributed by atoms with Gasteiger partial charge in [0.05, 0.1) is 17.2 Å². The van der Waals surface area contributed by atoms with Crippen molar-refractivity contribution in [1.29, 1.82) is 0 Å². The van der Waals surface area contributed by atoms with Gasteiger partial charge >= 0.3 is 6.18 Å². The van der Waals surface area contributed by atoms with Crippen molar-refractivity contribution < 1.29 is 22.8 Å². The molecule has 1 aliphatic rings. The number of carbonyl (C=O) groups is 2. The Morgan fingerprint density at radius 1 is 1.18 bits per heavy atom. The molecular formula is C20H20F3N3O2. The number of amides is 2. The van der Waals surface area contributed by atoms with E-state index in [-0.39, 0.29) is 24.6 Å². The molecule has 2 aromatic rings. The summed E-state index contributed by atoms with van der Waals surface area (Å²) in [5.74, 6) is -1.12. The summed E-state index contributed by atoms with van der Waals surface area (Å²) in [5.41, 5.74) is 6.28. The number of hydrazine groups is 1. The second-order valence-corrected chi connectivity index (χ2v) is 6.85. The summed E-state index contributed by atoms with van der Waals surface area (Å²) < 4.78 is 38.2. The van der Waals surface area contributed by atoms with Gasteiger partial charge in [-0.05, 0) is 30.7 Å². The molecule has 5 nitrogen and oxygen atoms in total. The molecule has 0 unspecified atom stereocenters. The van der Waals surface area contributed by atoms with Crippen LogP contribution in [0, 0.1) is 12.8 Å². The van der Waals surface area contributed by atoms with Crippen molar-refractivity contribution in [2.75, 3.05) is 12.0 Å². The number of rotatable bonds is 5. The molecule has 0 spiro atoms. The Balaban J connectivity index is 1.55. The first kappa shape index (κ1) is 19.7. The number of anilines is 1. The van der Waals surface area contributed by atoms with Crippen molar-refractivity contribution in [3.05, 3.63) is 65.2 Å². The van der Waals surface area contributed by atoms with Gasteiger partial charge in [0.2, 0.25) is 11.8 Å². The maximum Gasteiger partial charge on any atom is 0.416 e. The Labute approximate surface area is 160 Å². The molecule has 0 saturated carbocycles. The van der Waals surface area contributed by atoms with Crippen molar-refractivity contribution >= 4 is 17.5 Å². The molecule has 148 valence electrons. The first-order valence-corrected chi connectivity index (χ1v) is 8.79. The lowest BCUT2D eigenvalue weighted by atomic mass is 10.1. The van der Waals surface area contributed by atoms with E-state index in [0.717, 1.165) is 23.3 Å². The Morgan fingerprint density at radius 3 is 2.57 bits per heavy atom. The van der Waals surface area contributed by atoms with E-state index in [1.807, 2.05) is 31.2 Å². The van der Waals surface area contributed by atoms with Crippen LogP contribution in [0.15, 0.2) is 48.5 Å². The zero-order valence-corrected chi connectivity index (χ0v) is 15.2. The Hall–Kier alpha value is -3.03. The third-order valence-electron chi connectivity index (χ3n) is 4.60. The van der Waals surface area contributed by atoms with Crippen molar-refractivity contribution in [3.63, 3.8) is 0 Å². The van der Waals surface area contributed by atoms with Crippen molar-refractivity contribution in [1.82, 2.24) is 10.3 Å². The summed E-state index contributed by atoms with van der Waals surface area (Å²) in [4.78, 5) is 26.1. The summed E-state index contributed by atoms with van der Waals surface area (Å²) in [6.45, 7) is 2.66. The second-order valence-electron chi connectivity index (χ2n) is 6.85. The van der Waals surface area contributed by atoms with Gasteiger partial charge in [-0.3, -0.25) is 20.4 Å². The minimum atomic E-state index is -4.46. The molecule has 2 amide bonds. The van der Waals surface area contributed by atoms with Gasteiger partial charge < -0.3 is 4.90 Å². The van der Waals surface area contributed by atoms with E-state index in [9.17, 15) is 22.8 Å². The second kappa shape index (κ2) is 7.92. The molecule has 1 aliphatic heterocycles. The molecule has 0 aromatic heterocycles. The number of nitrogens with one attached hydrogen (secondary N) is 2. The predicted molar refractivity (Wildman–Crippen MR) is 97.9 cm³/mol.